The second-order valence-electron chi connectivity index (χ2n) is 6.61. The van der Waals surface area contributed by atoms with Crippen LogP contribution in [0.15, 0.2) is 53.6 Å². The van der Waals surface area contributed by atoms with E-state index < -0.39 is 0 Å². The first kappa shape index (κ1) is 20.5. The van der Waals surface area contributed by atoms with Crippen LogP contribution in [0.1, 0.15) is 29.8 Å². The highest BCUT2D eigenvalue weighted by atomic mass is 16.5. The Hall–Kier alpha value is -2.86. The van der Waals surface area contributed by atoms with E-state index in [2.05, 4.69) is 10.5 Å². The Morgan fingerprint density at radius 3 is 2.30 bits per heavy atom. The minimum atomic E-state index is -0.272. The molecule has 0 bridgehead atoms. The van der Waals surface area contributed by atoms with Crippen LogP contribution < -0.4 is 14.9 Å². The van der Waals surface area contributed by atoms with E-state index in [0.717, 1.165) is 23.6 Å². The fraction of sp³-hybridized carbons (Fsp3) is 0.333. The van der Waals surface area contributed by atoms with Crippen LogP contribution in [0.25, 0.3) is 0 Å². The molecule has 0 unspecified atom stereocenters. The number of likely N-dealkylation sites (N-methyl/N-ethyl adjacent to an activating group) is 1. The van der Waals surface area contributed by atoms with Crippen LogP contribution in [-0.2, 0) is 0 Å². The van der Waals surface area contributed by atoms with Gasteiger partial charge in [0, 0.05) is 12.1 Å². The van der Waals surface area contributed by atoms with Crippen molar-refractivity contribution < 1.29 is 14.3 Å². The van der Waals surface area contributed by atoms with Gasteiger partial charge in [0.2, 0.25) is 0 Å². The van der Waals surface area contributed by atoms with Gasteiger partial charge in [-0.1, -0.05) is 0 Å². The summed E-state index contributed by atoms with van der Waals surface area (Å²) in [5.74, 6) is 1.27. The summed E-state index contributed by atoms with van der Waals surface area (Å²) in [6.45, 7) is 5.39. The summed E-state index contributed by atoms with van der Waals surface area (Å²) in [5.41, 5.74) is 3.92. The van der Waals surface area contributed by atoms with Gasteiger partial charge in [0.15, 0.2) is 0 Å². The third-order valence-electron chi connectivity index (χ3n) is 3.56. The van der Waals surface area contributed by atoms with E-state index in [0.29, 0.717) is 12.2 Å². The Bertz CT molecular complexity index is 738. The molecular weight excluding hydrogens is 342 g/mol. The molecule has 0 fully saturated rings. The van der Waals surface area contributed by atoms with E-state index in [-0.39, 0.29) is 12.0 Å². The lowest BCUT2D eigenvalue weighted by Crippen LogP contribution is -2.19. The van der Waals surface area contributed by atoms with E-state index in [1.807, 2.05) is 57.1 Å². The molecule has 0 radical (unpaired) electrons. The summed E-state index contributed by atoms with van der Waals surface area (Å²) in [6.07, 6.45) is 1.73. The molecule has 0 aromatic heterocycles. The van der Waals surface area contributed by atoms with Crippen LogP contribution in [0.4, 0.5) is 0 Å². The Balaban J connectivity index is 1.83. The summed E-state index contributed by atoms with van der Waals surface area (Å²) in [4.78, 5) is 14.2. The van der Waals surface area contributed by atoms with E-state index in [1.54, 1.807) is 30.5 Å². The van der Waals surface area contributed by atoms with Crippen molar-refractivity contribution in [2.75, 3.05) is 27.2 Å². The van der Waals surface area contributed by atoms with E-state index in [9.17, 15) is 4.79 Å². The summed E-state index contributed by atoms with van der Waals surface area (Å²) >= 11 is 0. The van der Waals surface area contributed by atoms with E-state index in [4.69, 9.17) is 9.47 Å². The predicted molar refractivity (Wildman–Crippen MR) is 108 cm³/mol. The maximum Gasteiger partial charge on any atom is 0.271 e. The molecule has 0 aliphatic rings. The smallest absolute Gasteiger partial charge is 0.271 e. The molecule has 6 heteroatoms. The molecule has 0 aliphatic heterocycles. The fourth-order valence-electron chi connectivity index (χ4n) is 2.18. The maximum absolute atomic E-state index is 12.1. The Kier molecular flexibility index (Phi) is 7.82. The number of hydrogen-bond donors (Lipinski definition) is 1. The van der Waals surface area contributed by atoms with Crippen LogP contribution in [0.3, 0.4) is 0 Å². The molecular formula is C21H27N3O3. The van der Waals surface area contributed by atoms with Crippen LogP contribution in [0.2, 0.25) is 0 Å². The van der Waals surface area contributed by atoms with Gasteiger partial charge in [-0.3, -0.25) is 4.79 Å². The average molecular weight is 369 g/mol. The summed E-state index contributed by atoms with van der Waals surface area (Å²) in [6, 6.07) is 14.5. The minimum Gasteiger partial charge on any atom is -0.492 e. The van der Waals surface area contributed by atoms with Gasteiger partial charge in [-0.2, -0.15) is 5.10 Å². The van der Waals surface area contributed by atoms with Crippen molar-refractivity contribution in [2.45, 2.75) is 20.0 Å². The lowest BCUT2D eigenvalue weighted by molar-refractivity contribution is 0.0955. The predicted octanol–water partition coefficient (Wildman–Crippen LogP) is 3.18. The third-order valence-corrected chi connectivity index (χ3v) is 3.56. The third kappa shape index (κ3) is 7.50. The first-order valence-electron chi connectivity index (χ1n) is 8.92. The first-order valence-corrected chi connectivity index (χ1v) is 8.92. The molecule has 6 nitrogen and oxygen atoms in total. The molecule has 0 aliphatic carbocycles. The number of nitrogens with zero attached hydrogens (tertiary/aromatic N) is 2. The van der Waals surface area contributed by atoms with Crippen molar-refractivity contribution in [3.8, 4) is 11.5 Å². The van der Waals surface area contributed by atoms with Gasteiger partial charge in [-0.05, 0) is 82.0 Å². The lowest BCUT2D eigenvalue weighted by atomic mass is 10.2. The van der Waals surface area contributed by atoms with E-state index in [1.165, 1.54) is 0 Å². The molecule has 2 aromatic carbocycles. The minimum absolute atomic E-state index is 0.133. The number of rotatable bonds is 9. The zero-order valence-corrected chi connectivity index (χ0v) is 16.3. The van der Waals surface area contributed by atoms with Gasteiger partial charge >= 0.3 is 0 Å². The summed E-state index contributed by atoms with van der Waals surface area (Å²) in [5, 5.41) is 4.00. The molecule has 0 saturated heterocycles. The highest BCUT2D eigenvalue weighted by Crippen LogP contribution is 2.13. The highest BCUT2D eigenvalue weighted by Gasteiger charge is 2.04. The van der Waals surface area contributed by atoms with Gasteiger partial charge < -0.3 is 14.4 Å². The highest BCUT2D eigenvalue weighted by molar-refractivity contribution is 5.95. The monoisotopic (exact) mass is 369 g/mol. The number of carbonyl (C=O) groups is 1. The summed E-state index contributed by atoms with van der Waals surface area (Å²) < 4.78 is 11.2. The maximum atomic E-state index is 12.1. The van der Waals surface area contributed by atoms with Gasteiger partial charge in [-0.15, -0.1) is 0 Å². The normalized spacial score (nSPS) is 11.2. The van der Waals surface area contributed by atoms with E-state index >= 15 is 0 Å². The molecule has 0 atom stereocenters. The Morgan fingerprint density at radius 2 is 1.70 bits per heavy atom. The number of amides is 1. The van der Waals surface area contributed by atoms with Crippen molar-refractivity contribution in [3.05, 3.63) is 59.7 Å². The van der Waals surface area contributed by atoms with Crippen LogP contribution in [0, 0.1) is 0 Å². The molecule has 144 valence electrons. The van der Waals surface area contributed by atoms with Crippen LogP contribution >= 0.6 is 0 Å². The molecule has 0 heterocycles. The number of carbonyl (C=O) groups excluding carboxylic acids is 1. The number of hydrazone groups is 1. The molecule has 1 amide bonds. The largest absolute Gasteiger partial charge is 0.492 e. The van der Waals surface area contributed by atoms with Crippen molar-refractivity contribution in [1.29, 1.82) is 0 Å². The van der Waals surface area contributed by atoms with Crippen LogP contribution in [0.5, 0.6) is 11.5 Å². The zero-order valence-electron chi connectivity index (χ0n) is 16.3. The van der Waals surface area contributed by atoms with Gasteiger partial charge in [0.25, 0.3) is 5.91 Å². The standard InChI is InChI=1S/C21H27N3O3/c1-16(2)27-20-9-5-17(6-10-20)15-22-23-21(25)18-7-11-19(12-8-18)26-14-13-24(3)4/h5-12,15-16H,13-14H2,1-4H3,(H,23,25)/b22-15+. The second-order valence-corrected chi connectivity index (χ2v) is 6.61. The molecule has 0 spiro atoms. The number of benzene rings is 2. The average Bonchev–Trinajstić information content (AvgIpc) is 2.63. The topological polar surface area (TPSA) is 63.2 Å². The fourth-order valence-corrected chi connectivity index (χ4v) is 2.18. The zero-order chi connectivity index (χ0) is 19.6. The SMILES string of the molecule is CC(C)Oc1ccc(/C=N/NC(=O)c2ccc(OCCN(C)C)cc2)cc1. The molecule has 1 N–H and O–H groups in total. The van der Waals surface area contributed by atoms with Gasteiger partial charge in [0.1, 0.15) is 18.1 Å². The van der Waals surface area contributed by atoms with Crippen LogP contribution in [-0.4, -0.2) is 50.4 Å². The molecule has 2 rings (SSSR count). The Morgan fingerprint density at radius 1 is 1.07 bits per heavy atom. The molecule has 27 heavy (non-hydrogen) atoms. The summed E-state index contributed by atoms with van der Waals surface area (Å²) in [7, 11) is 3.98. The quantitative estimate of drug-likeness (QED) is 0.545. The van der Waals surface area contributed by atoms with Crippen molar-refractivity contribution >= 4 is 12.1 Å². The number of ether oxygens (including phenoxy) is 2. The molecule has 0 saturated carbocycles. The number of hydrogen-bond acceptors (Lipinski definition) is 5. The van der Waals surface area contributed by atoms with Crippen molar-refractivity contribution in [2.24, 2.45) is 5.10 Å². The number of nitrogens with one attached hydrogen (secondary N) is 1. The van der Waals surface area contributed by atoms with Gasteiger partial charge in [-0.25, -0.2) is 5.43 Å². The lowest BCUT2D eigenvalue weighted by Gasteiger charge is -2.11. The Labute approximate surface area is 160 Å². The van der Waals surface area contributed by atoms with Crippen molar-refractivity contribution in [3.63, 3.8) is 0 Å². The first-order chi connectivity index (χ1) is 12.9. The van der Waals surface area contributed by atoms with Crippen molar-refractivity contribution in [1.82, 2.24) is 10.3 Å². The van der Waals surface area contributed by atoms with Gasteiger partial charge in [0.05, 0.1) is 12.3 Å². The molecule has 2 aromatic rings. The second kappa shape index (κ2) is 10.3.